The molecule has 2 N–H and O–H groups in total. The van der Waals surface area contributed by atoms with Gasteiger partial charge in [0.05, 0.1) is 16.5 Å². The monoisotopic (exact) mass is 526 g/mol. The molecule has 1 amide bonds. The number of hydrogen-bond acceptors (Lipinski definition) is 6. The first-order chi connectivity index (χ1) is 16.3. The third-order valence-corrected chi connectivity index (χ3v) is 5.17. The fourth-order valence-corrected chi connectivity index (χ4v) is 3.55. The van der Waals surface area contributed by atoms with Gasteiger partial charge in [0.2, 0.25) is 0 Å². The van der Waals surface area contributed by atoms with Crippen LogP contribution < -0.4 is 14.8 Å². The minimum Gasteiger partial charge on any atom is -0.493 e. The highest BCUT2D eigenvalue weighted by Gasteiger charge is 2.16. The van der Waals surface area contributed by atoms with Crippen molar-refractivity contribution in [3.8, 4) is 11.5 Å². The van der Waals surface area contributed by atoms with E-state index in [1.165, 1.54) is 25.3 Å². The van der Waals surface area contributed by atoms with Crippen LogP contribution in [-0.2, 0) is 11.4 Å². The molecular weight excluding hydrogens is 508 g/mol. The smallest absolute Gasteiger partial charge is 0.352 e. The number of aliphatic carboxylic acids is 1. The molecule has 174 valence electrons. The molecule has 0 saturated heterocycles. The summed E-state index contributed by atoms with van der Waals surface area (Å²) in [5.41, 5.74) is 0.957. The van der Waals surface area contributed by atoms with Crippen LogP contribution in [0, 0.1) is 10.1 Å². The van der Waals surface area contributed by atoms with E-state index in [1.54, 1.807) is 54.6 Å². The van der Waals surface area contributed by atoms with Gasteiger partial charge >= 0.3 is 5.97 Å². The third kappa shape index (κ3) is 6.20. The molecule has 0 aliphatic carbocycles. The minimum absolute atomic E-state index is 0.0410. The Labute approximate surface area is 202 Å². The van der Waals surface area contributed by atoms with Gasteiger partial charge < -0.3 is 19.9 Å². The van der Waals surface area contributed by atoms with Crippen molar-refractivity contribution in [2.24, 2.45) is 0 Å². The van der Waals surface area contributed by atoms with Crippen LogP contribution in [0.2, 0.25) is 0 Å². The van der Waals surface area contributed by atoms with Crippen molar-refractivity contribution in [1.29, 1.82) is 0 Å². The van der Waals surface area contributed by atoms with Crippen LogP contribution in [0.1, 0.15) is 21.5 Å². The Kier molecular flexibility index (Phi) is 7.99. The number of amides is 1. The zero-order valence-electron chi connectivity index (χ0n) is 17.9. The van der Waals surface area contributed by atoms with E-state index in [4.69, 9.17) is 9.47 Å². The second-order valence-electron chi connectivity index (χ2n) is 6.93. The number of carboxylic acid groups (broad SMARTS) is 1. The summed E-state index contributed by atoms with van der Waals surface area (Å²) in [5, 5.41) is 22.9. The average molecular weight is 527 g/mol. The Hall–Kier alpha value is -4.18. The number of carbonyl (C=O) groups excluding carboxylic acids is 1. The average Bonchev–Trinajstić information content (AvgIpc) is 2.83. The fourth-order valence-electron chi connectivity index (χ4n) is 2.98. The summed E-state index contributed by atoms with van der Waals surface area (Å²) < 4.78 is 11.7. The molecule has 3 aromatic rings. The summed E-state index contributed by atoms with van der Waals surface area (Å²) in [6.45, 7) is 0.0410. The molecule has 0 spiro atoms. The minimum atomic E-state index is -1.31. The predicted octanol–water partition coefficient (Wildman–Crippen LogP) is 4.80. The number of nitro groups is 1. The van der Waals surface area contributed by atoms with Crippen molar-refractivity contribution >= 4 is 39.6 Å². The van der Waals surface area contributed by atoms with E-state index in [9.17, 15) is 24.8 Å². The molecule has 3 aromatic carbocycles. The molecule has 0 unspecified atom stereocenters. The van der Waals surface area contributed by atoms with Crippen LogP contribution in [-0.4, -0.2) is 29.0 Å². The first kappa shape index (κ1) is 24.5. The van der Waals surface area contributed by atoms with Gasteiger partial charge in [-0.1, -0.05) is 30.3 Å². The highest BCUT2D eigenvalue weighted by Crippen LogP contribution is 2.38. The lowest BCUT2D eigenvalue weighted by molar-refractivity contribution is -0.384. The van der Waals surface area contributed by atoms with Crippen molar-refractivity contribution in [3.63, 3.8) is 0 Å². The van der Waals surface area contributed by atoms with Crippen molar-refractivity contribution in [3.05, 3.63) is 104 Å². The van der Waals surface area contributed by atoms with Crippen molar-refractivity contribution in [2.75, 3.05) is 7.11 Å². The number of carbonyl (C=O) groups is 2. The molecule has 0 aliphatic heterocycles. The molecule has 0 aliphatic rings. The van der Waals surface area contributed by atoms with E-state index in [-0.39, 0.29) is 18.0 Å². The summed E-state index contributed by atoms with van der Waals surface area (Å²) in [5.74, 6) is -1.25. The number of methoxy groups -OCH3 is 1. The molecular formula is C24H19BrN2O7. The summed E-state index contributed by atoms with van der Waals surface area (Å²) in [6.07, 6.45) is 1.29. The normalized spacial score (nSPS) is 10.9. The number of ether oxygens (including phenoxy) is 2. The predicted molar refractivity (Wildman–Crippen MR) is 128 cm³/mol. The van der Waals surface area contributed by atoms with E-state index in [2.05, 4.69) is 21.2 Å². The molecule has 0 radical (unpaired) electrons. The Morgan fingerprint density at radius 2 is 1.85 bits per heavy atom. The van der Waals surface area contributed by atoms with Crippen LogP contribution >= 0.6 is 15.9 Å². The quantitative estimate of drug-likeness (QED) is 0.232. The zero-order valence-corrected chi connectivity index (χ0v) is 19.4. The Morgan fingerprint density at radius 3 is 2.50 bits per heavy atom. The molecule has 0 aromatic heterocycles. The lowest BCUT2D eigenvalue weighted by Crippen LogP contribution is -2.27. The van der Waals surface area contributed by atoms with Gasteiger partial charge in [-0.3, -0.25) is 14.9 Å². The van der Waals surface area contributed by atoms with Gasteiger partial charge in [0.15, 0.2) is 11.5 Å². The van der Waals surface area contributed by atoms with Crippen LogP contribution in [0.5, 0.6) is 11.5 Å². The number of hydrogen-bond donors (Lipinski definition) is 2. The first-order valence-electron chi connectivity index (χ1n) is 9.83. The maximum absolute atomic E-state index is 12.4. The van der Waals surface area contributed by atoms with Crippen LogP contribution in [0.4, 0.5) is 5.69 Å². The van der Waals surface area contributed by atoms with Gasteiger partial charge in [-0.2, -0.15) is 0 Å². The van der Waals surface area contributed by atoms with Crippen LogP contribution in [0.3, 0.4) is 0 Å². The lowest BCUT2D eigenvalue weighted by atomic mass is 10.1. The summed E-state index contributed by atoms with van der Waals surface area (Å²) in [4.78, 5) is 34.6. The summed E-state index contributed by atoms with van der Waals surface area (Å²) in [7, 11) is 1.42. The molecule has 34 heavy (non-hydrogen) atoms. The first-order valence-corrected chi connectivity index (χ1v) is 10.6. The maximum Gasteiger partial charge on any atom is 0.352 e. The number of nitrogens with zero attached hydrogens (tertiary/aromatic N) is 1. The molecule has 3 rings (SSSR count). The standard InChI is InChI=1S/C24H19BrN2O7/c1-33-21-13-16(12-20(24(29)30)26-23(28)17-7-3-2-4-8-17)11-19(25)22(21)34-14-15-6-5-9-18(10-15)27(31)32/h2-13H,14H2,1H3,(H,26,28)(H,29,30)/b20-12+. The Bertz CT molecular complexity index is 1260. The number of nitro benzene ring substituents is 1. The van der Waals surface area contributed by atoms with Crippen LogP contribution in [0.15, 0.2) is 76.9 Å². The molecule has 0 heterocycles. The maximum atomic E-state index is 12.4. The molecule has 0 atom stereocenters. The lowest BCUT2D eigenvalue weighted by Gasteiger charge is -2.14. The Morgan fingerprint density at radius 1 is 1.12 bits per heavy atom. The highest BCUT2D eigenvalue weighted by atomic mass is 79.9. The summed E-state index contributed by atoms with van der Waals surface area (Å²) in [6, 6.07) is 17.4. The molecule has 0 bridgehead atoms. The van der Waals surface area contributed by atoms with E-state index in [0.29, 0.717) is 32.7 Å². The second kappa shape index (κ2) is 11.1. The number of non-ortho nitro benzene ring substituents is 1. The van der Waals surface area contributed by atoms with Gasteiger partial charge in [-0.15, -0.1) is 0 Å². The topological polar surface area (TPSA) is 128 Å². The van der Waals surface area contributed by atoms with Gasteiger partial charge in [0, 0.05) is 17.7 Å². The van der Waals surface area contributed by atoms with Gasteiger partial charge in [-0.05, 0) is 57.4 Å². The van der Waals surface area contributed by atoms with E-state index < -0.39 is 16.8 Å². The largest absolute Gasteiger partial charge is 0.493 e. The zero-order chi connectivity index (χ0) is 24.7. The number of benzene rings is 3. The SMILES string of the molecule is COc1cc(/C=C(/NC(=O)c2ccccc2)C(=O)O)cc(Br)c1OCc1cccc([N+](=O)[O-])c1. The number of nitrogens with one attached hydrogen (secondary N) is 1. The van der Waals surface area contributed by atoms with Gasteiger partial charge in [-0.25, -0.2) is 4.79 Å². The van der Waals surface area contributed by atoms with Crippen molar-refractivity contribution in [2.45, 2.75) is 6.61 Å². The molecule has 10 heteroatoms. The third-order valence-electron chi connectivity index (χ3n) is 4.58. The number of carboxylic acids is 1. The highest BCUT2D eigenvalue weighted by molar-refractivity contribution is 9.10. The molecule has 0 fully saturated rings. The van der Waals surface area contributed by atoms with E-state index in [1.807, 2.05) is 0 Å². The van der Waals surface area contributed by atoms with E-state index in [0.717, 1.165) is 0 Å². The Balaban J connectivity index is 1.84. The van der Waals surface area contributed by atoms with Gasteiger partial charge in [0.25, 0.3) is 11.6 Å². The molecule has 0 saturated carbocycles. The van der Waals surface area contributed by atoms with E-state index >= 15 is 0 Å². The number of rotatable bonds is 9. The second-order valence-corrected chi connectivity index (χ2v) is 7.79. The molecule has 9 nitrogen and oxygen atoms in total. The van der Waals surface area contributed by atoms with Crippen LogP contribution in [0.25, 0.3) is 6.08 Å². The number of halogens is 1. The van der Waals surface area contributed by atoms with Gasteiger partial charge in [0.1, 0.15) is 12.3 Å². The summed E-state index contributed by atoms with van der Waals surface area (Å²) >= 11 is 3.39. The van der Waals surface area contributed by atoms with Crippen molar-refractivity contribution in [1.82, 2.24) is 5.32 Å². The fraction of sp³-hybridized carbons (Fsp3) is 0.0833. The van der Waals surface area contributed by atoms with Crippen molar-refractivity contribution < 1.29 is 29.1 Å².